The summed E-state index contributed by atoms with van der Waals surface area (Å²) in [6.07, 6.45) is 5.02. The van der Waals surface area contributed by atoms with E-state index in [1.54, 1.807) is 0 Å². The number of hydrogen-bond acceptors (Lipinski definition) is 2. The fourth-order valence-corrected chi connectivity index (χ4v) is 3.46. The highest BCUT2D eigenvalue weighted by Crippen LogP contribution is 2.24. The molecule has 0 aliphatic heterocycles. The van der Waals surface area contributed by atoms with Crippen molar-refractivity contribution in [1.82, 2.24) is 10.3 Å². The standard InChI is InChI=1S/C13H21N.C12H13N/c1-10(2)12-7-5-6-11(3)13(12)8-9-14-4;1-9(2)12-8-13-7-10-5-3-4-6-11(10)12/h5-7,10,14H,8-9H2,1-4H3;3-9H,1-2H3. The average molecular weight is 363 g/mol. The minimum atomic E-state index is 0.540. The Morgan fingerprint density at radius 1 is 0.852 bits per heavy atom. The molecule has 2 aromatic carbocycles. The minimum Gasteiger partial charge on any atom is -0.319 e. The van der Waals surface area contributed by atoms with Crippen LogP contribution in [0, 0.1) is 6.92 Å². The van der Waals surface area contributed by atoms with Crippen LogP contribution in [0.1, 0.15) is 61.8 Å². The molecule has 144 valence electrons. The van der Waals surface area contributed by atoms with E-state index in [2.05, 4.69) is 81.3 Å². The van der Waals surface area contributed by atoms with Crippen LogP contribution in [-0.2, 0) is 6.42 Å². The summed E-state index contributed by atoms with van der Waals surface area (Å²) in [5.41, 5.74) is 5.78. The monoisotopic (exact) mass is 362 g/mol. The van der Waals surface area contributed by atoms with Gasteiger partial charge in [0.25, 0.3) is 0 Å². The Hall–Kier alpha value is -2.19. The molecule has 0 aliphatic carbocycles. The van der Waals surface area contributed by atoms with Crippen LogP contribution in [0.2, 0.25) is 0 Å². The Balaban J connectivity index is 0.000000194. The maximum absolute atomic E-state index is 4.23. The van der Waals surface area contributed by atoms with Gasteiger partial charge in [-0.25, -0.2) is 0 Å². The molecule has 3 aromatic rings. The van der Waals surface area contributed by atoms with E-state index in [0.717, 1.165) is 13.0 Å². The summed E-state index contributed by atoms with van der Waals surface area (Å²) in [6, 6.07) is 15.0. The highest BCUT2D eigenvalue weighted by atomic mass is 14.8. The average Bonchev–Trinajstić information content (AvgIpc) is 2.66. The third kappa shape index (κ3) is 5.64. The Morgan fingerprint density at radius 2 is 1.56 bits per heavy atom. The van der Waals surface area contributed by atoms with Crippen LogP contribution in [-0.4, -0.2) is 18.6 Å². The number of aryl methyl sites for hydroxylation is 1. The Labute approximate surface area is 165 Å². The number of fused-ring (bicyclic) bond motifs is 1. The van der Waals surface area contributed by atoms with E-state index in [1.807, 2.05) is 25.5 Å². The molecular formula is C25H34N2. The maximum Gasteiger partial charge on any atom is 0.0346 e. The van der Waals surface area contributed by atoms with Crippen LogP contribution in [0.25, 0.3) is 10.8 Å². The fraction of sp³-hybridized carbons (Fsp3) is 0.400. The number of nitrogens with one attached hydrogen (secondary N) is 1. The molecule has 0 atom stereocenters. The number of likely N-dealkylation sites (N-methyl/N-ethyl adjacent to an activating group) is 1. The summed E-state index contributed by atoms with van der Waals surface area (Å²) in [6.45, 7) is 12.2. The van der Waals surface area contributed by atoms with Gasteiger partial charge in [0.05, 0.1) is 0 Å². The fourth-order valence-electron chi connectivity index (χ4n) is 3.46. The number of benzene rings is 2. The van der Waals surface area contributed by atoms with Gasteiger partial charge in [-0.2, -0.15) is 0 Å². The summed E-state index contributed by atoms with van der Waals surface area (Å²) in [5.74, 6) is 1.17. The van der Waals surface area contributed by atoms with Crippen LogP contribution in [0.5, 0.6) is 0 Å². The molecule has 0 radical (unpaired) electrons. The van der Waals surface area contributed by atoms with Gasteiger partial charge in [0.1, 0.15) is 0 Å². The molecule has 1 aromatic heterocycles. The number of rotatable bonds is 5. The van der Waals surface area contributed by atoms with Gasteiger partial charge in [-0.05, 0) is 66.4 Å². The van der Waals surface area contributed by atoms with Crippen molar-refractivity contribution >= 4 is 10.8 Å². The number of pyridine rings is 1. The zero-order chi connectivity index (χ0) is 19.8. The van der Waals surface area contributed by atoms with E-state index < -0.39 is 0 Å². The molecule has 0 aliphatic rings. The molecule has 0 saturated carbocycles. The molecule has 27 heavy (non-hydrogen) atoms. The second kappa shape index (κ2) is 10.2. The third-order valence-corrected chi connectivity index (χ3v) is 5.01. The van der Waals surface area contributed by atoms with E-state index in [9.17, 15) is 0 Å². The molecule has 2 nitrogen and oxygen atoms in total. The molecule has 0 saturated heterocycles. The summed E-state index contributed by atoms with van der Waals surface area (Å²) < 4.78 is 0. The van der Waals surface area contributed by atoms with Crippen molar-refractivity contribution in [3.8, 4) is 0 Å². The predicted octanol–water partition coefficient (Wildman–Crippen LogP) is 6.24. The molecule has 0 amide bonds. The van der Waals surface area contributed by atoms with E-state index in [0.29, 0.717) is 11.8 Å². The van der Waals surface area contributed by atoms with Crippen molar-refractivity contribution < 1.29 is 0 Å². The first kappa shape index (κ1) is 21.1. The van der Waals surface area contributed by atoms with Crippen molar-refractivity contribution in [2.45, 2.75) is 52.9 Å². The van der Waals surface area contributed by atoms with Gasteiger partial charge in [0, 0.05) is 17.8 Å². The summed E-state index contributed by atoms with van der Waals surface area (Å²) >= 11 is 0. The van der Waals surface area contributed by atoms with Gasteiger partial charge in [0.15, 0.2) is 0 Å². The van der Waals surface area contributed by atoms with Crippen molar-refractivity contribution in [3.63, 3.8) is 0 Å². The van der Waals surface area contributed by atoms with Crippen molar-refractivity contribution in [2.24, 2.45) is 0 Å². The van der Waals surface area contributed by atoms with Crippen molar-refractivity contribution in [3.05, 3.63) is 77.1 Å². The first-order chi connectivity index (χ1) is 13.0. The smallest absolute Gasteiger partial charge is 0.0346 e. The molecule has 0 unspecified atom stereocenters. The lowest BCUT2D eigenvalue weighted by Gasteiger charge is -2.15. The molecule has 0 bridgehead atoms. The van der Waals surface area contributed by atoms with Gasteiger partial charge in [-0.15, -0.1) is 0 Å². The van der Waals surface area contributed by atoms with Gasteiger partial charge >= 0.3 is 0 Å². The Bertz CT molecular complexity index is 845. The van der Waals surface area contributed by atoms with Gasteiger partial charge in [0.2, 0.25) is 0 Å². The SMILES string of the molecule is CC(C)c1cncc2ccccc12.CNCCc1c(C)cccc1C(C)C. The Morgan fingerprint density at radius 3 is 2.22 bits per heavy atom. The van der Waals surface area contributed by atoms with Crippen molar-refractivity contribution in [1.29, 1.82) is 0 Å². The number of aromatic nitrogens is 1. The molecule has 2 heteroatoms. The predicted molar refractivity (Wildman–Crippen MR) is 119 cm³/mol. The van der Waals surface area contributed by atoms with Crippen LogP contribution in [0.15, 0.2) is 54.9 Å². The lowest BCUT2D eigenvalue weighted by Crippen LogP contribution is -2.12. The normalized spacial score (nSPS) is 11.0. The molecule has 1 N–H and O–H groups in total. The summed E-state index contributed by atoms with van der Waals surface area (Å²) in [5, 5.41) is 5.77. The minimum absolute atomic E-state index is 0.540. The number of hydrogen-bond donors (Lipinski definition) is 1. The molecule has 0 fully saturated rings. The van der Waals surface area contributed by atoms with Crippen LogP contribution < -0.4 is 5.32 Å². The topological polar surface area (TPSA) is 24.9 Å². The summed E-state index contributed by atoms with van der Waals surface area (Å²) in [7, 11) is 2.01. The summed E-state index contributed by atoms with van der Waals surface area (Å²) in [4.78, 5) is 4.23. The van der Waals surface area contributed by atoms with E-state index in [-0.39, 0.29) is 0 Å². The first-order valence-corrected chi connectivity index (χ1v) is 10.0. The van der Waals surface area contributed by atoms with Gasteiger partial charge in [-0.3, -0.25) is 4.98 Å². The van der Waals surface area contributed by atoms with Crippen LogP contribution >= 0.6 is 0 Å². The molecule has 0 spiro atoms. The van der Waals surface area contributed by atoms with Crippen LogP contribution in [0.4, 0.5) is 0 Å². The quantitative estimate of drug-likeness (QED) is 0.581. The van der Waals surface area contributed by atoms with Crippen LogP contribution in [0.3, 0.4) is 0 Å². The molecular weight excluding hydrogens is 328 g/mol. The van der Waals surface area contributed by atoms with E-state index in [4.69, 9.17) is 0 Å². The highest BCUT2D eigenvalue weighted by Gasteiger charge is 2.07. The Kier molecular flexibility index (Phi) is 7.99. The third-order valence-electron chi connectivity index (χ3n) is 5.01. The van der Waals surface area contributed by atoms with Crippen molar-refractivity contribution in [2.75, 3.05) is 13.6 Å². The lowest BCUT2D eigenvalue weighted by atomic mass is 9.92. The van der Waals surface area contributed by atoms with E-state index >= 15 is 0 Å². The lowest BCUT2D eigenvalue weighted by molar-refractivity contribution is 0.764. The maximum atomic E-state index is 4.23. The zero-order valence-electron chi connectivity index (χ0n) is 17.7. The molecule has 3 rings (SSSR count). The second-order valence-electron chi connectivity index (χ2n) is 7.76. The molecule has 1 heterocycles. The second-order valence-corrected chi connectivity index (χ2v) is 7.76. The first-order valence-electron chi connectivity index (χ1n) is 10.0. The van der Waals surface area contributed by atoms with Gasteiger partial charge < -0.3 is 5.32 Å². The zero-order valence-corrected chi connectivity index (χ0v) is 17.7. The largest absolute Gasteiger partial charge is 0.319 e. The number of nitrogens with zero attached hydrogens (tertiary/aromatic N) is 1. The highest BCUT2D eigenvalue weighted by molar-refractivity contribution is 5.84. The van der Waals surface area contributed by atoms with Gasteiger partial charge in [-0.1, -0.05) is 70.2 Å². The van der Waals surface area contributed by atoms with E-state index in [1.165, 1.54) is 33.0 Å².